The molecule has 0 aliphatic carbocycles. The van der Waals surface area contributed by atoms with Gasteiger partial charge in [0.15, 0.2) is 0 Å². The maximum atomic E-state index is 14.1. The van der Waals surface area contributed by atoms with Gasteiger partial charge in [-0.2, -0.15) is 0 Å². The molecule has 2 aliphatic heterocycles. The molecule has 7 nitrogen and oxygen atoms in total. The van der Waals surface area contributed by atoms with Gasteiger partial charge in [-0.1, -0.05) is 44.5 Å². The second-order valence-corrected chi connectivity index (χ2v) is 9.82. The number of carbonyl (C=O) groups is 1. The largest absolute Gasteiger partial charge is 0.366 e. The summed E-state index contributed by atoms with van der Waals surface area (Å²) in [5.74, 6) is -0.270. The number of para-hydroxylation sites is 1. The predicted octanol–water partition coefficient (Wildman–Crippen LogP) is 2.63. The Hall–Kier alpha value is -2.94. The minimum absolute atomic E-state index is 0.0723. The number of aliphatic imine (C=N–C) groups is 1. The van der Waals surface area contributed by atoms with Crippen LogP contribution in [0.1, 0.15) is 25.8 Å². The SMILES string of the molecule is CCC(C)C(N=C1NS(=O)(=O)c2ccccc21)C(=O)N1CCN(c2ccccc2F)CC1. The van der Waals surface area contributed by atoms with E-state index in [1.807, 2.05) is 18.7 Å². The van der Waals surface area contributed by atoms with E-state index in [4.69, 9.17) is 0 Å². The molecular weight excluding hydrogens is 431 g/mol. The molecule has 4 rings (SSSR count). The van der Waals surface area contributed by atoms with Crippen LogP contribution in [0.3, 0.4) is 0 Å². The fraction of sp³-hybridized carbons (Fsp3) is 0.391. The number of nitrogens with one attached hydrogen (secondary N) is 1. The lowest BCUT2D eigenvalue weighted by Crippen LogP contribution is -2.52. The van der Waals surface area contributed by atoms with Crippen LogP contribution in [0.15, 0.2) is 58.4 Å². The summed E-state index contributed by atoms with van der Waals surface area (Å²) in [5, 5.41) is 0. The van der Waals surface area contributed by atoms with E-state index in [1.165, 1.54) is 12.1 Å². The number of fused-ring (bicyclic) bond motifs is 1. The highest BCUT2D eigenvalue weighted by molar-refractivity contribution is 7.90. The van der Waals surface area contributed by atoms with E-state index in [0.717, 1.165) is 6.42 Å². The number of carbonyl (C=O) groups excluding carboxylic acids is 1. The highest BCUT2D eigenvalue weighted by Crippen LogP contribution is 2.25. The number of sulfonamides is 1. The van der Waals surface area contributed by atoms with Crippen LogP contribution in [-0.2, 0) is 14.8 Å². The first-order valence-corrected chi connectivity index (χ1v) is 12.3. The van der Waals surface area contributed by atoms with Crippen molar-refractivity contribution in [1.82, 2.24) is 9.62 Å². The van der Waals surface area contributed by atoms with Crippen molar-refractivity contribution in [3.05, 3.63) is 59.9 Å². The molecule has 2 unspecified atom stereocenters. The molecule has 2 aromatic rings. The number of anilines is 1. The second-order valence-electron chi connectivity index (χ2n) is 8.17. The van der Waals surface area contributed by atoms with E-state index < -0.39 is 16.1 Å². The van der Waals surface area contributed by atoms with E-state index in [9.17, 15) is 17.6 Å². The Kier molecular flexibility index (Phi) is 6.19. The van der Waals surface area contributed by atoms with Gasteiger partial charge in [0.25, 0.3) is 10.0 Å². The van der Waals surface area contributed by atoms with E-state index in [-0.39, 0.29) is 28.4 Å². The fourth-order valence-corrected chi connectivity index (χ4v) is 5.32. The number of amidine groups is 1. The van der Waals surface area contributed by atoms with Crippen LogP contribution < -0.4 is 9.62 Å². The van der Waals surface area contributed by atoms with Gasteiger partial charge in [0.2, 0.25) is 5.91 Å². The number of piperazine rings is 1. The molecule has 2 heterocycles. The Morgan fingerprint density at radius 3 is 2.44 bits per heavy atom. The molecule has 0 aromatic heterocycles. The summed E-state index contributed by atoms with van der Waals surface area (Å²) >= 11 is 0. The second kappa shape index (κ2) is 8.90. The quantitative estimate of drug-likeness (QED) is 0.747. The van der Waals surface area contributed by atoms with E-state index in [0.29, 0.717) is 37.4 Å². The third kappa shape index (κ3) is 4.21. The highest BCUT2D eigenvalue weighted by Gasteiger charge is 2.35. The molecule has 1 amide bonds. The van der Waals surface area contributed by atoms with Gasteiger partial charge < -0.3 is 9.80 Å². The summed E-state index contributed by atoms with van der Waals surface area (Å²) in [7, 11) is -3.67. The van der Waals surface area contributed by atoms with Crippen molar-refractivity contribution in [3.63, 3.8) is 0 Å². The van der Waals surface area contributed by atoms with Crippen LogP contribution >= 0.6 is 0 Å². The van der Waals surface area contributed by atoms with Crippen LogP contribution in [-0.4, -0.2) is 57.3 Å². The van der Waals surface area contributed by atoms with Crippen molar-refractivity contribution in [1.29, 1.82) is 0 Å². The molecule has 0 spiro atoms. The standard InChI is InChI=1S/C23H27FN4O3S/c1-3-16(2)21(25-22-17-8-4-7-11-20(17)32(30,31)26-22)23(29)28-14-12-27(13-15-28)19-10-6-5-9-18(19)24/h4-11,16,21H,3,12-15H2,1-2H3,(H,25,26). The number of nitrogens with zero attached hydrogens (tertiary/aromatic N) is 3. The highest BCUT2D eigenvalue weighted by atomic mass is 32.2. The molecule has 2 aliphatic rings. The van der Waals surface area contributed by atoms with E-state index in [2.05, 4.69) is 9.71 Å². The van der Waals surface area contributed by atoms with Gasteiger partial charge >= 0.3 is 0 Å². The van der Waals surface area contributed by atoms with Gasteiger partial charge in [0.05, 0.1) is 10.6 Å². The first kappa shape index (κ1) is 22.3. The van der Waals surface area contributed by atoms with Gasteiger partial charge in [-0.25, -0.2) is 12.8 Å². The molecule has 1 N–H and O–H groups in total. The van der Waals surface area contributed by atoms with E-state index >= 15 is 0 Å². The maximum Gasteiger partial charge on any atom is 0.263 e. The maximum absolute atomic E-state index is 14.1. The Bertz CT molecular complexity index is 1140. The number of amides is 1. The normalized spacial score (nSPS) is 20.5. The van der Waals surface area contributed by atoms with Crippen LogP contribution in [0.2, 0.25) is 0 Å². The predicted molar refractivity (Wildman–Crippen MR) is 122 cm³/mol. The molecule has 0 saturated carbocycles. The van der Waals surface area contributed by atoms with Gasteiger partial charge in [-0.05, 0) is 30.2 Å². The first-order chi connectivity index (χ1) is 15.3. The molecule has 0 bridgehead atoms. The fourth-order valence-electron chi connectivity index (χ4n) is 4.08. The van der Waals surface area contributed by atoms with Crippen molar-refractivity contribution >= 4 is 27.5 Å². The summed E-state index contributed by atoms with van der Waals surface area (Å²) in [5.41, 5.74) is 1.02. The van der Waals surface area contributed by atoms with Crippen LogP contribution in [0.5, 0.6) is 0 Å². The minimum atomic E-state index is -3.67. The summed E-state index contributed by atoms with van der Waals surface area (Å²) in [6, 6.07) is 12.6. The van der Waals surface area contributed by atoms with Crippen molar-refractivity contribution in [2.24, 2.45) is 10.9 Å². The van der Waals surface area contributed by atoms with Crippen molar-refractivity contribution in [2.75, 3.05) is 31.1 Å². The van der Waals surface area contributed by atoms with Crippen molar-refractivity contribution in [2.45, 2.75) is 31.2 Å². The number of halogens is 1. The Balaban J connectivity index is 1.54. The number of hydrogen-bond donors (Lipinski definition) is 1. The number of benzene rings is 2. The number of hydrogen-bond acceptors (Lipinski definition) is 5. The zero-order chi connectivity index (χ0) is 22.9. The van der Waals surface area contributed by atoms with Crippen LogP contribution in [0, 0.1) is 11.7 Å². The average Bonchev–Trinajstić information content (AvgIpc) is 3.07. The lowest BCUT2D eigenvalue weighted by atomic mass is 9.97. The molecule has 2 atom stereocenters. The van der Waals surface area contributed by atoms with E-state index in [1.54, 1.807) is 41.3 Å². The minimum Gasteiger partial charge on any atom is -0.366 e. The van der Waals surface area contributed by atoms with Crippen molar-refractivity contribution < 1.29 is 17.6 Å². The Morgan fingerprint density at radius 1 is 1.09 bits per heavy atom. The molecule has 1 fully saturated rings. The van der Waals surface area contributed by atoms with Gasteiger partial charge in [0, 0.05) is 31.7 Å². The Labute approximate surface area is 188 Å². The molecule has 2 aromatic carbocycles. The van der Waals surface area contributed by atoms with Crippen LogP contribution in [0.4, 0.5) is 10.1 Å². The summed E-state index contributed by atoms with van der Waals surface area (Å²) in [4.78, 5) is 21.9. The molecule has 170 valence electrons. The Morgan fingerprint density at radius 2 is 1.75 bits per heavy atom. The monoisotopic (exact) mass is 458 g/mol. The third-order valence-electron chi connectivity index (χ3n) is 6.15. The summed E-state index contributed by atoms with van der Waals surface area (Å²) in [6.07, 6.45) is 0.719. The van der Waals surface area contributed by atoms with Gasteiger partial charge in [0.1, 0.15) is 17.7 Å². The third-order valence-corrected chi connectivity index (χ3v) is 7.55. The zero-order valence-corrected chi connectivity index (χ0v) is 19.0. The lowest BCUT2D eigenvalue weighted by molar-refractivity contribution is -0.133. The number of rotatable bonds is 5. The topological polar surface area (TPSA) is 82.1 Å². The first-order valence-electron chi connectivity index (χ1n) is 10.8. The molecule has 9 heteroatoms. The molecule has 0 radical (unpaired) electrons. The molecule has 1 saturated heterocycles. The smallest absolute Gasteiger partial charge is 0.263 e. The lowest BCUT2D eigenvalue weighted by Gasteiger charge is -2.37. The zero-order valence-electron chi connectivity index (χ0n) is 18.2. The molecule has 32 heavy (non-hydrogen) atoms. The van der Waals surface area contributed by atoms with Gasteiger partial charge in [-0.15, -0.1) is 0 Å². The summed E-state index contributed by atoms with van der Waals surface area (Å²) in [6.45, 7) is 5.87. The van der Waals surface area contributed by atoms with Crippen molar-refractivity contribution in [3.8, 4) is 0 Å². The van der Waals surface area contributed by atoms with Crippen LogP contribution in [0.25, 0.3) is 0 Å². The molecular formula is C23H27FN4O3S. The summed E-state index contributed by atoms with van der Waals surface area (Å²) < 4.78 is 41.5. The average molecular weight is 459 g/mol. The van der Waals surface area contributed by atoms with Gasteiger partial charge in [-0.3, -0.25) is 14.5 Å².